The smallest absolute Gasteiger partial charge is 0.338 e. The zero-order valence-corrected chi connectivity index (χ0v) is 25.9. The Morgan fingerprint density at radius 3 is 1.93 bits per heavy atom. The Labute approximate surface area is 258 Å². The van der Waals surface area contributed by atoms with E-state index in [2.05, 4.69) is 77.4 Å². The van der Waals surface area contributed by atoms with E-state index in [1.165, 1.54) is 30.4 Å². The van der Waals surface area contributed by atoms with Gasteiger partial charge in [0.1, 0.15) is 5.60 Å². The zero-order chi connectivity index (χ0) is 29.9. The summed E-state index contributed by atoms with van der Waals surface area (Å²) in [4.78, 5) is 18.8. The quantitative estimate of drug-likeness (QED) is 0.295. The van der Waals surface area contributed by atoms with Crippen LogP contribution in [0.2, 0.25) is 0 Å². The molecule has 1 heterocycles. The summed E-state index contributed by atoms with van der Waals surface area (Å²) in [5.74, 6) is -0.242. The van der Waals surface area contributed by atoms with Crippen LogP contribution in [0.25, 0.3) is 0 Å². The molecule has 43 heavy (non-hydrogen) atoms. The van der Waals surface area contributed by atoms with Gasteiger partial charge >= 0.3 is 5.97 Å². The number of nitrogens with zero attached hydrogens (tertiary/aromatic N) is 2. The molecule has 0 bridgehead atoms. The maximum Gasteiger partial charge on any atom is 0.338 e. The monoisotopic (exact) mass is 582 g/mol. The lowest BCUT2D eigenvalue weighted by molar-refractivity contribution is -0.0982. The summed E-state index contributed by atoms with van der Waals surface area (Å²) < 4.78 is 6.72. The Hall–Kier alpha value is -2.99. The highest BCUT2D eigenvalue weighted by Gasteiger charge is 2.47. The van der Waals surface area contributed by atoms with E-state index in [0.29, 0.717) is 12.1 Å². The SMILES string of the molecule is CC1(OC(=O)c2ccccc2)CN(Cc2ccccc2)CCCN(Cc2ccccc2)CC1C1CCCCCCCC1O. The van der Waals surface area contributed by atoms with E-state index >= 15 is 0 Å². The van der Waals surface area contributed by atoms with Gasteiger partial charge in [-0.1, -0.05) is 111 Å². The molecule has 4 unspecified atom stereocenters. The lowest BCUT2D eigenvalue weighted by atomic mass is 9.72. The number of rotatable bonds is 7. The molecule has 5 nitrogen and oxygen atoms in total. The van der Waals surface area contributed by atoms with Crippen LogP contribution >= 0.6 is 0 Å². The number of esters is 1. The van der Waals surface area contributed by atoms with Crippen molar-refractivity contribution in [2.75, 3.05) is 26.2 Å². The van der Waals surface area contributed by atoms with Crippen molar-refractivity contribution in [1.29, 1.82) is 0 Å². The van der Waals surface area contributed by atoms with Crippen LogP contribution in [0.5, 0.6) is 0 Å². The summed E-state index contributed by atoms with van der Waals surface area (Å²) in [7, 11) is 0. The first kappa shape index (κ1) is 31.4. The van der Waals surface area contributed by atoms with E-state index in [9.17, 15) is 9.90 Å². The molecule has 2 aliphatic rings. The Balaban J connectivity index is 1.53. The van der Waals surface area contributed by atoms with Gasteiger partial charge in [-0.3, -0.25) is 9.80 Å². The van der Waals surface area contributed by atoms with Crippen molar-refractivity contribution in [3.63, 3.8) is 0 Å². The molecule has 3 aromatic rings. The fourth-order valence-corrected chi connectivity index (χ4v) is 7.36. The second-order valence-corrected chi connectivity index (χ2v) is 13.0. The van der Waals surface area contributed by atoms with Gasteiger partial charge in [-0.2, -0.15) is 0 Å². The number of ether oxygens (including phenoxy) is 1. The third-order valence-corrected chi connectivity index (χ3v) is 9.61. The minimum Gasteiger partial charge on any atom is -0.454 e. The van der Waals surface area contributed by atoms with Gasteiger partial charge in [0.25, 0.3) is 0 Å². The molecule has 0 spiro atoms. The number of carbonyl (C=O) groups excluding carboxylic acids is 1. The van der Waals surface area contributed by atoms with Gasteiger partial charge in [-0.25, -0.2) is 4.79 Å². The molecular weight excluding hydrogens is 532 g/mol. The Morgan fingerprint density at radius 2 is 1.28 bits per heavy atom. The van der Waals surface area contributed by atoms with Crippen molar-refractivity contribution >= 4 is 5.97 Å². The van der Waals surface area contributed by atoms with Gasteiger partial charge in [0, 0.05) is 32.1 Å². The van der Waals surface area contributed by atoms with Crippen LogP contribution in [0.15, 0.2) is 91.0 Å². The average molecular weight is 583 g/mol. The van der Waals surface area contributed by atoms with Crippen LogP contribution in [0, 0.1) is 11.8 Å². The molecule has 5 rings (SSSR count). The molecule has 4 atom stereocenters. The van der Waals surface area contributed by atoms with Crippen molar-refractivity contribution < 1.29 is 14.6 Å². The third kappa shape index (κ3) is 9.01. The van der Waals surface area contributed by atoms with Gasteiger partial charge in [0.15, 0.2) is 0 Å². The van der Waals surface area contributed by atoms with Gasteiger partial charge in [-0.05, 0) is 68.5 Å². The highest BCUT2D eigenvalue weighted by Crippen LogP contribution is 2.39. The first-order valence-corrected chi connectivity index (χ1v) is 16.5. The van der Waals surface area contributed by atoms with E-state index in [1.807, 2.05) is 30.3 Å². The van der Waals surface area contributed by atoms with Gasteiger partial charge in [0.05, 0.1) is 11.7 Å². The Bertz CT molecular complexity index is 1240. The lowest BCUT2D eigenvalue weighted by Crippen LogP contribution is -2.55. The van der Waals surface area contributed by atoms with Gasteiger partial charge < -0.3 is 9.84 Å². The largest absolute Gasteiger partial charge is 0.454 e. The van der Waals surface area contributed by atoms with Crippen molar-refractivity contribution in [2.24, 2.45) is 11.8 Å². The second-order valence-electron chi connectivity index (χ2n) is 13.0. The van der Waals surface area contributed by atoms with Gasteiger partial charge in [-0.15, -0.1) is 0 Å². The standard InChI is InChI=1S/C38H50N2O3/c1-38(43-37(42)33-21-12-7-13-22-33)30-40(28-32-19-10-6-11-20-32)26-16-25-39(27-31-17-8-5-9-18-31)29-35(38)34-23-14-3-2-4-15-24-36(34)41/h5-13,17-22,34-36,41H,2-4,14-16,23-30H2,1H3. The van der Waals surface area contributed by atoms with E-state index in [4.69, 9.17) is 4.74 Å². The van der Waals surface area contributed by atoms with Crippen LogP contribution in [0.1, 0.15) is 79.8 Å². The van der Waals surface area contributed by atoms with Crippen LogP contribution in [-0.2, 0) is 17.8 Å². The molecule has 3 aromatic carbocycles. The van der Waals surface area contributed by atoms with E-state index in [1.54, 1.807) is 0 Å². The fourth-order valence-electron chi connectivity index (χ4n) is 7.36. The summed E-state index contributed by atoms with van der Waals surface area (Å²) >= 11 is 0. The molecule has 5 heteroatoms. The first-order chi connectivity index (χ1) is 21.0. The number of carbonyl (C=O) groups is 1. The van der Waals surface area contributed by atoms with Crippen LogP contribution in [0.3, 0.4) is 0 Å². The summed E-state index contributed by atoms with van der Waals surface area (Å²) in [6, 6.07) is 30.7. The Kier molecular flexibility index (Phi) is 11.4. The van der Waals surface area contributed by atoms with Crippen LogP contribution in [0.4, 0.5) is 0 Å². The predicted molar refractivity (Wildman–Crippen MR) is 174 cm³/mol. The van der Waals surface area contributed by atoms with Gasteiger partial charge in [0.2, 0.25) is 0 Å². The summed E-state index contributed by atoms with van der Waals surface area (Å²) in [6.45, 7) is 7.10. The molecule has 0 radical (unpaired) electrons. The van der Waals surface area contributed by atoms with E-state index < -0.39 is 11.7 Å². The van der Waals surface area contributed by atoms with Crippen molar-refractivity contribution in [3.8, 4) is 0 Å². The Morgan fingerprint density at radius 1 is 0.744 bits per heavy atom. The van der Waals surface area contributed by atoms with Crippen LogP contribution < -0.4 is 0 Å². The van der Waals surface area contributed by atoms with Crippen molar-refractivity contribution in [3.05, 3.63) is 108 Å². The number of aliphatic hydroxyl groups excluding tert-OH is 1. The lowest BCUT2D eigenvalue weighted by Gasteiger charge is -2.46. The molecule has 0 aromatic heterocycles. The second kappa shape index (κ2) is 15.7. The average Bonchev–Trinajstić information content (AvgIpc) is 3.16. The number of hydrogen-bond acceptors (Lipinski definition) is 5. The number of hydrogen-bond donors (Lipinski definition) is 1. The number of aliphatic hydroxyl groups is 1. The zero-order valence-electron chi connectivity index (χ0n) is 25.9. The maximum atomic E-state index is 13.8. The number of benzene rings is 3. The summed E-state index contributed by atoms with van der Waals surface area (Å²) in [5.41, 5.74) is 2.34. The molecule has 2 fully saturated rings. The molecule has 0 amide bonds. The molecule has 1 saturated heterocycles. The highest BCUT2D eigenvalue weighted by molar-refractivity contribution is 5.89. The molecule has 1 saturated carbocycles. The summed E-state index contributed by atoms with van der Waals surface area (Å²) in [6.07, 6.45) is 8.17. The van der Waals surface area contributed by atoms with Crippen LogP contribution in [-0.4, -0.2) is 58.8 Å². The highest BCUT2D eigenvalue weighted by atomic mass is 16.6. The summed E-state index contributed by atoms with van der Waals surface area (Å²) in [5, 5.41) is 11.8. The molecule has 1 aliphatic heterocycles. The topological polar surface area (TPSA) is 53.0 Å². The third-order valence-electron chi connectivity index (χ3n) is 9.61. The molecule has 1 aliphatic carbocycles. The minimum absolute atomic E-state index is 0.0200. The van der Waals surface area contributed by atoms with E-state index in [-0.39, 0.29) is 17.8 Å². The molecule has 230 valence electrons. The minimum atomic E-state index is -0.791. The first-order valence-electron chi connectivity index (χ1n) is 16.5. The van der Waals surface area contributed by atoms with Crippen molar-refractivity contribution in [1.82, 2.24) is 9.80 Å². The maximum absolute atomic E-state index is 13.8. The fraction of sp³-hybridized carbons (Fsp3) is 0.500. The van der Waals surface area contributed by atoms with Crippen molar-refractivity contribution in [2.45, 2.75) is 83.1 Å². The molecular formula is C38H50N2O3. The van der Waals surface area contributed by atoms with E-state index in [0.717, 1.165) is 64.8 Å². The predicted octanol–water partition coefficient (Wildman–Crippen LogP) is 7.35. The normalized spacial score (nSPS) is 26.6. The molecule has 1 N–H and O–H groups in total.